The highest BCUT2D eigenvalue weighted by Crippen LogP contribution is 2.16. The Bertz CT molecular complexity index is 323. The maximum absolute atomic E-state index is 11.1. The van der Waals surface area contributed by atoms with Gasteiger partial charge in [0.05, 0.1) is 18.7 Å². The van der Waals surface area contributed by atoms with E-state index in [0.29, 0.717) is 21.9 Å². The SMILES string of the molecule is CCOC(=O)Cc1cc(Cl)cc(Br)n1. The van der Waals surface area contributed by atoms with Crippen LogP contribution in [0.25, 0.3) is 0 Å². The molecule has 0 saturated heterocycles. The first kappa shape index (κ1) is 11.5. The molecule has 0 amide bonds. The molecule has 0 spiro atoms. The van der Waals surface area contributed by atoms with Crippen LogP contribution in [0.3, 0.4) is 0 Å². The summed E-state index contributed by atoms with van der Waals surface area (Å²) in [5.74, 6) is -0.297. The maximum Gasteiger partial charge on any atom is 0.311 e. The first-order valence-corrected chi connectivity index (χ1v) is 5.26. The zero-order valence-electron chi connectivity index (χ0n) is 7.59. The van der Waals surface area contributed by atoms with E-state index in [9.17, 15) is 4.79 Å². The number of rotatable bonds is 3. The predicted octanol–water partition coefficient (Wildman–Crippen LogP) is 2.60. The topological polar surface area (TPSA) is 39.2 Å². The van der Waals surface area contributed by atoms with Crippen molar-refractivity contribution in [1.82, 2.24) is 4.98 Å². The number of hydrogen-bond acceptors (Lipinski definition) is 3. The molecule has 0 aliphatic rings. The summed E-state index contributed by atoms with van der Waals surface area (Å²) < 4.78 is 5.40. The Morgan fingerprint density at radius 1 is 1.64 bits per heavy atom. The number of pyridine rings is 1. The largest absolute Gasteiger partial charge is 0.466 e. The molecular formula is C9H9BrClNO2. The lowest BCUT2D eigenvalue weighted by molar-refractivity contribution is -0.142. The normalized spacial score (nSPS) is 9.93. The summed E-state index contributed by atoms with van der Waals surface area (Å²) in [5, 5.41) is 0.547. The van der Waals surface area contributed by atoms with Crippen molar-refractivity contribution in [3.05, 3.63) is 27.5 Å². The van der Waals surface area contributed by atoms with Gasteiger partial charge < -0.3 is 4.74 Å². The molecule has 0 aliphatic carbocycles. The van der Waals surface area contributed by atoms with Gasteiger partial charge in [0.1, 0.15) is 4.60 Å². The number of nitrogens with zero attached hydrogens (tertiary/aromatic N) is 1. The molecule has 3 nitrogen and oxygen atoms in total. The molecule has 0 unspecified atom stereocenters. The first-order chi connectivity index (χ1) is 6.61. The Morgan fingerprint density at radius 3 is 2.93 bits per heavy atom. The first-order valence-electron chi connectivity index (χ1n) is 4.09. The van der Waals surface area contributed by atoms with E-state index in [0.717, 1.165) is 0 Å². The lowest BCUT2D eigenvalue weighted by Gasteiger charge is -2.02. The van der Waals surface area contributed by atoms with Crippen molar-refractivity contribution >= 4 is 33.5 Å². The van der Waals surface area contributed by atoms with Gasteiger partial charge in [-0.25, -0.2) is 4.98 Å². The number of carbonyl (C=O) groups excluding carboxylic acids is 1. The summed E-state index contributed by atoms with van der Waals surface area (Å²) >= 11 is 8.98. The average molecular weight is 279 g/mol. The zero-order valence-corrected chi connectivity index (χ0v) is 9.93. The van der Waals surface area contributed by atoms with Crippen molar-refractivity contribution in [3.8, 4) is 0 Å². The number of esters is 1. The lowest BCUT2D eigenvalue weighted by atomic mass is 10.3. The summed E-state index contributed by atoms with van der Waals surface area (Å²) in [4.78, 5) is 15.2. The summed E-state index contributed by atoms with van der Waals surface area (Å²) in [7, 11) is 0. The zero-order chi connectivity index (χ0) is 10.6. The lowest BCUT2D eigenvalue weighted by Crippen LogP contribution is -2.08. The molecule has 0 atom stereocenters. The number of ether oxygens (including phenoxy) is 1. The fourth-order valence-corrected chi connectivity index (χ4v) is 1.80. The third-order valence-electron chi connectivity index (χ3n) is 1.44. The van der Waals surface area contributed by atoms with Gasteiger partial charge in [-0.2, -0.15) is 0 Å². The van der Waals surface area contributed by atoms with E-state index < -0.39 is 0 Å². The minimum atomic E-state index is -0.297. The Morgan fingerprint density at radius 2 is 2.36 bits per heavy atom. The van der Waals surface area contributed by atoms with Crippen molar-refractivity contribution in [2.45, 2.75) is 13.3 Å². The van der Waals surface area contributed by atoms with Gasteiger partial charge >= 0.3 is 5.97 Å². The Balaban J connectivity index is 2.71. The van der Waals surface area contributed by atoms with E-state index in [2.05, 4.69) is 20.9 Å². The smallest absolute Gasteiger partial charge is 0.311 e. The second-order valence-electron chi connectivity index (χ2n) is 2.58. The number of aromatic nitrogens is 1. The molecule has 1 aromatic heterocycles. The van der Waals surface area contributed by atoms with Crippen LogP contribution < -0.4 is 0 Å². The molecule has 1 rings (SSSR count). The van der Waals surface area contributed by atoms with Gasteiger partial charge in [0, 0.05) is 5.02 Å². The van der Waals surface area contributed by atoms with Crippen molar-refractivity contribution in [2.75, 3.05) is 6.61 Å². The van der Waals surface area contributed by atoms with Gasteiger partial charge in [0.15, 0.2) is 0 Å². The highest BCUT2D eigenvalue weighted by Gasteiger charge is 2.06. The number of hydrogen-bond donors (Lipinski definition) is 0. The van der Waals surface area contributed by atoms with Crippen LogP contribution in [0.2, 0.25) is 5.02 Å². The van der Waals surface area contributed by atoms with Gasteiger partial charge in [0.2, 0.25) is 0 Å². The van der Waals surface area contributed by atoms with E-state index in [4.69, 9.17) is 16.3 Å². The van der Waals surface area contributed by atoms with Crippen LogP contribution >= 0.6 is 27.5 Å². The molecular weight excluding hydrogens is 269 g/mol. The molecule has 0 aliphatic heterocycles. The third kappa shape index (κ3) is 3.64. The summed E-state index contributed by atoms with van der Waals surface area (Å²) in [5.41, 5.74) is 0.600. The average Bonchev–Trinajstić information content (AvgIpc) is 2.01. The molecule has 0 saturated carbocycles. The molecule has 14 heavy (non-hydrogen) atoms. The summed E-state index contributed by atoms with van der Waals surface area (Å²) in [6, 6.07) is 3.31. The minimum absolute atomic E-state index is 0.146. The van der Waals surface area contributed by atoms with E-state index in [-0.39, 0.29) is 12.4 Å². The van der Waals surface area contributed by atoms with Crippen LogP contribution in [-0.2, 0) is 16.0 Å². The second-order valence-corrected chi connectivity index (χ2v) is 3.83. The van der Waals surface area contributed by atoms with Crippen LogP contribution in [0, 0.1) is 0 Å². The molecule has 0 N–H and O–H groups in total. The fourth-order valence-electron chi connectivity index (χ4n) is 0.967. The molecule has 0 fully saturated rings. The van der Waals surface area contributed by atoms with Gasteiger partial charge in [-0.15, -0.1) is 0 Å². The fraction of sp³-hybridized carbons (Fsp3) is 0.333. The van der Waals surface area contributed by atoms with Crippen LogP contribution in [0.15, 0.2) is 16.7 Å². The second kappa shape index (κ2) is 5.32. The molecule has 0 aromatic carbocycles. The van der Waals surface area contributed by atoms with Crippen molar-refractivity contribution in [3.63, 3.8) is 0 Å². The van der Waals surface area contributed by atoms with Gasteiger partial charge in [-0.1, -0.05) is 11.6 Å². The molecule has 76 valence electrons. The monoisotopic (exact) mass is 277 g/mol. The highest BCUT2D eigenvalue weighted by atomic mass is 79.9. The van der Waals surface area contributed by atoms with E-state index in [1.807, 2.05) is 0 Å². The van der Waals surface area contributed by atoms with Crippen LogP contribution in [0.4, 0.5) is 0 Å². The molecule has 1 aromatic rings. The predicted molar refractivity (Wildman–Crippen MR) is 57.3 cm³/mol. The van der Waals surface area contributed by atoms with E-state index in [1.165, 1.54) is 0 Å². The molecule has 1 heterocycles. The van der Waals surface area contributed by atoms with E-state index >= 15 is 0 Å². The highest BCUT2D eigenvalue weighted by molar-refractivity contribution is 9.10. The van der Waals surface area contributed by atoms with Gasteiger partial charge in [-0.05, 0) is 35.0 Å². The maximum atomic E-state index is 11.1. The van der Waals surface area contributed by atoms with Crippen molar-refractivity contribution in [2.24, 2.45) is 0 Å². The Hall–Kier alpha value is -0.610. The quantitative estimate of drug-likeness (QED) is 0.630. The third-order valence-corrected chi connectivity index (χ3v) is 2.07. The standard InChI is InChI=1S/C9H9BrClNO2/c1-2-14-9(13)5-7-3-6(11)4-8(10)12-7/h3-4H,2,5H2,1H3. The van der Waals surface area contributed by atoms with Crippen LogP contribution in [0.1, 0.15) is 12.6 Å². The van der Waals surface area contributed by atoms with Gasteiger partial charge in [-0.3, -0.25) is 4.79 Å². The molecule has 0 bridgehead atoms. The van der Waals surface area contributed by atoms with Crippen LogP contribution in [-0.4, -0.2) is 17.6 Å². The van der Waals surface area contributed by atoms with Gasteiger partial charge in [0.25, 0.3) is 0 Å². The summed E-state index contributed by atoms with van der Waals surface area (Å²) in [6.45, 7) is 2.14. The van der Waals surface area contributed by atoms with Crippen molar-refractivity contribution < 1.29 is 9.53 Å². The Labute approximate surface area is 95.6 Å². The summed E-state index contributed by atoms with van der Waals surface area (Å²) in [6.07, 6.45) is 0.146. The Kier molecular flexibility index (Phi) is 4.35. The molecule has 0 radical (unpaired) electrons. The number of halogens is 2. The minimum Gasteiger partial charge on any atom is -0.466 e. The van der Waals surface area contributed by atoms with E-state index in [1.54, 1.807) is 19.1 Å². The molecule has 5 heteroatoms. The number of carbonyl (C=O) groups is 1. The van der Waals surface area contributed by atoms with Crippen LogP contribution in [0.5, 0.6) is 0 Å². The van der Waals surface area contributed by atoms with Crippen molar-refractivity contribution in [1.29, 1.82) is 0 Å².